The summed E-state index contributed by atoms with van der Waals surface area (Å²) in [7, 11) is 0. The molecular weight excluding hydrogens is 344 g/mol. The van der Waals surface area contributed by atoms with Crippen molar-refractivity contribution in [2.24, 2.45) is 5.92 Å². The molecular formula is C24H28N4. The lowest BCUT2D eigenvalue weighted by Gasteiger charge is -2.32. The minimum absolute atomic E-state index is 0.691. The Morgan fingerprint density at radius 1 is 1.00 bits per heavy atom. The summed E-state index contributed by atoms with van der Waals surface area (Å²) in [6.45, 7) is 7.23. The first kappa shape index (κ1) is 18.5. The molecule has 1 atom stereocenters. The molecule has 2 heterocycles. The van der Waals surface area contributed by atoms with E-state index in [9.17, 15) is 0 Å². The number of anilines is 3. The molecule has 144 valence electrons. The highest BCUT2D eigenvalue weighted by Gasteiger charge is 2.21. The molecule has 2 aromatic carbocycles. The Hall–Kier alpha value is -2.88. The lowest BCUT2D eigenvalue weighted by Crippen LogP contribution is -2.35. The SMILES string of the molecule is Cc1cc(N(Cc2ccccc2)c2ccccc2)nc(N2CCCC(C)C2)n1. The van der Waals surface area contributed by atoms with E-state index in [1.54, 1.807) is 0 Å². The molecule has 1 fully saturated rings. The van der Waals surface area contributed by atoms with Crippen LogP contribution < -0.4 is 9.80 Å². The summed E-state index contributed by atoms with van der Waals surface area (Å²) in [6, 6.07) is 23.1. The van der Waals surface area contributed by atoms with Crippen molar-refractivity contribution in [1.29, 1.82) is 0 Å². The van der Waals surface area contributed by atoms with Crippen LogP contribution in [0.5, 0.6) is 0 Å². The van der Waals surface area contributed by atoms with Gasteiger partial charge in [-0.05, 0) is 43.4 Å². The molecule has 1 aromatic heterocycles. The van der Waals surface area contributed by atoms with E-state index in [2.05, 4.69) is 90.4 Å². The average Bonchev–Trinajstić information content (AvgIpc) is 2.73. The second kappa shape index (κ2) is 8.42. The molecule has 0 saturated carbocycles. The molecule has 3 aromatic rings. The zero-order valence-corrected chi connectivity index (χ0v) is 16.8. The highest BCUT2D eigenvalue weighted by Crippen LogP contribution is 2.29. The summed E-state index contributed by atoms with van der Waals surface area (Å²) in [5.74, 6) is 2.50. The Labute approximate surface area is 167 Å². The Balaban J connectivity index is 1.71. The van der Waals surface area contributed by atoms with Crippen molar-refractivity contribution in [2.75, 3.05) is 22.9 Å². The molecule has 28 heavy (non-hydrogen) atoms. The number of aryl methyl sites for hydroxylation is 1. The molecule has 0 amide bonds. The van der Waals surface area contributed by atoms with Crippen LogP contribution in [0.1, 0.15) is 31.0 Å². The van der Waals surface area contributed by atoms with Gasteiger partial charge in [0.1, 0.15) is 5.82 Å². The van der Waals surface area contributed by atoms with Crippen LogP contribution in [0.2, 0.25) is 0 Å². The van der Waals surface area contributed by atoms with Crippen molar-refractivity contribution in [3.05, 3.63) is 78.0 Å². The Bertz CT molecular complexity index is 895. The van der Waals surface area contributed by atoms with Crippen LogP contribution in [-0.2, 0) is 6.54 Å². The van der Waals surface area contributed by atoms with Gasteiger partial charge in [0.05, 0.1) is 0 Å². The van der Waals surface area contributed by atoms with Crippen molar-refractivity contribution in [3.63, 3.8) is 0 Å². The fraction of sp³-hybridized carbons (Fsp3) is 0.333. The Morgan fingerprint density at radius 3 is 2.43 bits per heavy atom. The van der Waals surface area contributed by atoms with E-state index >= 15 is 0 Å². The second-order valence-electron chi connectivity index (χ2n) is 7.77. The van der Waals surface area contributed by atoms with Gasteiger partial charge in [-0.1, -0.05) is 55.5 Å². The van der Waals surface area contributed by atoms with Gasteiger partial charge >= 0.3 is 0 Å². The number of piperidine rings is 1. The van der Waals surface area contributed by atoms with E-state index in [4.69, 9.17) is 9.97 Å². The third-order valence-corrected chi connectivity index (χ3v) is 5.30. The molecule has 0 spiro atoms. The van der Waals surface area contributed by atoms with Gasteiger partial charge in [0, 0.05) is 37.1 Å². The first-order chi connectivity index (χ1) is 13.7. The number of rotatable bonds is 5. The lowest BCUT2D eigenvalue weighted by atomic mass is 10.0. The molecule has 1 aliphatic heterocycles. The first-order valence-electron chi connectivity index (χ1n) is 10.2. The zero-order chi connectivity index (χ0) is 19.3. The molecule has 0 aliphatic carbocycles. The molecule has 0 bridgehead atoms. The Morgan fingerprint density at radius 2 is 1.71 bits per heavy atom. The molecule has 0 N–H and O–H groups in total. The predicted octanol–water partition coefficient (Wildman–Crippen LogP) is 5.36. The summed E-state index contributed by atoms with van der Waals surface area (Å²) >= 11 is 0. The van der Waals surface area contributed by atoms with Crippen molar-refractivity contribution in [1.82, 2.24) is 9.97 Å². The third kappa shape index (κ3) is 4.33. The van der Waals surface area contributed by atoms with E-state index in [1.807, 2.05) is 0 Å². The number of hydrogen-bond donors (Lipinski definition) is 0. The average molecular weight is 373 g/mol. The van der Waals surface area contributed by atoms with Crippen LogP contribution in [0.25, 0.3) is 0 Å². The highest BCUT2D eigenvalue weighted by molar-refractivity contribution is 5.61. The molecule has 1 unspecified atom stereocenters. The topological polar surface area (TPSA) is 32.3 Å². The number of benzene rings is 2. The van der Waals surface area contributed by atoms with E-state index in [0.29, 0.717) is 5.92 Å². The summed E-state index contributed by atoms with van der Waals surface area (Å²) < 4.78 is 0. The minimum Gasteiger partial charge on any atom is -0.340 e. The van der Waals surface area contributed by atoms with Gasteiger partial charge in [-0.25, -0.2) is 4.98 Å². The van der Waals surface area contributed by atoms with Crippen LogP contribution in [0, 0.1) is 12.8 Å². The van der Waals surface area contributed by atoms with Crippen molar-refractivity contribution in [2.45, 2.75) is 33.2 Å². The van der Waals surface area contributed by atoms with Gasteiger partial charge < -0.3 is 9.80 Å². The van der Waals surface area contributed by atoms with Gasteiger partial charge in [0.2, 0.25) is 5.95 Å². The van der Waals surface area contributed by atoms with E-state index < -0.39 is 0 Å². The molecule has 0 radical (unpaired) electrons. The molecule has 4 nitrogen and oxygen atoms in total. The van der Waals surface area contributed by atoms with Crippen LogP contribution in [0.15, 0.2) is 66.7 Å². The maximum absolute atomic E-state index is 5.01. The van der Waals surface area contributed by atoms with Crippen LogP contribution in [-0.4, -0.2) is 23.1 Å². The van der Waals surface area contributed by atoms with E-state index in [1.165, 1.54) is 18.4 Å². The van der Waals surface area contributed by atoms with Crippen LogP contribution >= 0.6 is 0 Å². The van der Waals surface area contributed by atoms with E-state index in [-0.39, 0.29) is 0 Å². The Kier molecular flexibility index (Phi) is 5.56. The minimum atomic E-state index is 0.691. The van der Waals surface area contributed by atoms with Crippen molar-refractivity contribution in [3.8, 4) is 0 Å². The fourth-order valence-corrected chi connectivity index (χ4v) is 3.87. The molecule has 4 heteroatoms. The van der Waals surface area contributed by atoms with Gasteiger partial charge in [0.25, 0.3) is 0 Å². The maximum atomic E-state index is 5.01. The number of para-hydroxylation sites is 1. The normalized spacial score (nSPS) is 16.8. The molecule has 1 saturated heterocycles. The summed E-state index contributed by atoms with van der Waals surface area (Å²) in [5.41, 5.74) is 3.41. The monoisotopic (exact) mass is 372 g/mol. The summed E-state index contributed by atoms with van der Waals surface area (Å²) in [6.07, 6.45) is 2.50. The van der Waals surface area contributed by atoms with Gasteiger partial charge in [-0.15, -0.1) is 0 Å². The number of hydrogen-bond acceptors (Lipinski definition) is 4. The van der Waals surface area contributed by atoms with Gasteiger partial charge in [0.15, 0.2) is 0 Å². The van der Waals surface area contributed by atoms with Crippen molar-refractivity contribution < 1.29 is 0 Å². The van der Waals surface area contributed by atoms with Crippen LogP contribution in [0.3, 0.4) is 0 Å². The van der Waals surface area contributed by atoms with E-state index in [0.717, 1.165) is 42.8 Å². The smallest absolute Gasteiger partial charge is 0.227 e. The quantitative estimate of drug-likeness (QED) is 0.603. The fourth-order valence-electron chi connectivity index (χ4n) is 3.87. The lowest BCUT2D eigenvalue weighted by molar-refractivity contribution is 0.442. The predicted molar refractivity (Wildman–Crippen MR) is 116 cm³/mol. The van der Waals surface area contributed by atoms with Crippen LogP contribution in [0.4, 0.5) is 17.5 Å². The standard InChI is InChI=1S/C24H28N4/c1-19-10-9-15-27(17-19)24-25-20(2)16-23(26-24)28(22-13-7-4-8-14-22)18-21-11-5-3-6-12-21/h3-8,11-14,16,19H,9-10,15,17-18H2,1-2H3. The molecule has 4 rings (SSSR count). The molecule has 1 aliphatic rings. The number of aromatic nitrogens is 2. The third-order valence-electron chi connectivity index (χ3n) is 5.30. The summed E-state index contributed by atoms with van der Waals surface area (Å²) in [4.78, 5) is 14.4. The zero-order valence-electron chi connectivity index (χ0n) is 16.8. The van der Waals surface area contributed by atoms with Gasteiger partial charge in [-0.2, -0.15) is 4.98 Å². The van der Waals surface area contributed by atoms with Crippen molar-refractivity contribution >= 4 is 17.5 Å². The largest absolute Gasteiger partial charge is 0.340 e. The van der Waals surface area contributed by atoms with Gasteiger partial charge in [-0.3, -0.25) is 0 Å². The first-order valence-corrected chi connectivity index (χ1v) is 10.2. The second-order valence-corrected chi connectivity index (χ2v) is 7.77. The highest BCUT2D eigenvalue weighted by atomic mass is 15.3. The maximum Gasteiger partial charge on any atom is 0.227 e. The number of nitrogens with zero attached hydrogens (tertiary/aromatic N) is 4. The summed E-state index contributed by atoms with van der Waals surface area (Å²) in [5, 5.41) is 0.